The molecule has 0 bridgehead atoms. The van der Waals surface area contributed by atoms with E-state index in [0.717, 1.165) is 12.0 Å². The zero-order valence-electron chi connectivity index (χ0n) is 14.2. The van der Waals surface area contributed by atoms with Crippen LogP contribution in [-0.2, 0) is 16.8 Å². The molecule has 4 heteroatoms. The summed E-state index contributed by atoms with van der Waals surface area (Å²) >= 11 is 0. The number of anilines is 1. The number of Topliss-reactive ketones (excluding diaryl/α,β-unsaturated/α-hetero) is 1. The Morgan fingerprint density at radius 1 is 1.20 bits per heavy atom. The first kappa shape index (κ1) is 17.1. The van der Waals surface area contributed by atoms with E-state index in [1.807, 2.05) is 19.1 Å². The van der Waals surface area contributed by atoms with Gasteiger partial charge in [-0.3, -0.25) is 9.59 Å². The summed E-state index contributed by atoms with van der Waals surface area (Å²) < 4.78 is 0. The number of carbonyl (C=O) groups excluding carboxylic acids is 2. The molecule has 2 aromatic rings. The van der Waals surface area contributed by atoms with Crippen molar-refractivity contribution in [2.45, 2.75) is 25.4 Å². The maximum atomic E-state index is 12.8. The number of rotatable bonds is 6. The molecule has 4 nitrogen and oxygen atoms in total. The first-order valence-electron chi connectivity index (χ1n) is 8.38. The topological polar surface area (TPSA) is 57.6 Å². The molecule has 1 atom stereocenters. The lowest BCUT2D eigenvalue weighted by Gasteiger charge is -2.22. The smallest absolute Gasteiger partial charge is 0.264 e. The number of nitrogens with zero attached hydrogens (tertiary/aromatic N) is 1. The highest BCUT2D eigenvalue weighted by Gasteiger charge is 2.50. The molecule has 0 aromatic heterocycles. The Labute approximate surface area is 147 Å². The highest BCUT2D eigenvalue weighted by Crippen LogP contribution is 2.42. The lowest BCUT2D eigenvalue weighted by atomic mass is 9.88. The minimum Gasteiger partial charge on any atom is -0.375 e. The van der Waals surface area contributed by atoms with Crippen LogP contribution in [-0.4, -0.2) is 23.3 Å². The number of aliphatic hydroxyl groups is 1. The standard InChI is InChI=1S/C21H21NO3/c1-3-13-22-18-8-6-5-7-17(18)21(25,20(22)24)14-19(23)16-11-9-15(4-2)10-12-16/h3,5-12,25H,1,4,13-14H2,2H3/t21-/m0/s1. The van der Waals surface area contributed by atoms with Crippen LogP contribution in [0.2, 0.25) is 0 Å². The van der Waals surface area contributed by atoms with Gasteiger partial charge in [-0.25, -0.2) is 0 Å². The predicted octanol–water partition coefficient (Wildman–Crippen LogP) is 3.24. The number of para-hydroxylation sites is 1. The molecule has 0 saturated carbocycles. The van der Waals surface area contributed by atoms with E-state index in [1.165, 1.54) is 4.90 Å². The Kier molecular flexibility index (Phi) is 4.55. The minimum absolute atomic E-state index is 0.256. The Hall–Kier alpha value is -2.72. The van der Waals surface area contributed by atoms with Crippen molar-refractivity contribution >= 4 is 17.4 Å². The van der Waals surface area contributed by atoms with Crippen LogP contribution in [0.5, 0.6) is 0 Å². The molecule has 1 aliphatic rings. The highest BCUT2D eigenvalue weighted by molar-refractivity contribution is 6.10. The molecule has 0 spiro atoms. The van der Waals surface area contributed by atoms with E-state index in [4.69, 9.17) is 0 Å². The number of hydrogen-bond acceptors (Lipinski definition) is 3. The number of fused-ring (bicyclic) bond motifs is 1. The fourth-order valence-corrected chi connectivity index (χ4v) is 3.25. The fraction of sp³-hybridized carbons (Fsp3) is 0.238. The lowest BCUT2D eigenvalue weighted by molar-refractivity contribution is -0.135. The Balaban J connectivity index is 1.93. The Bertz CT molecular complexity index is 825. The summed E-state index contributed by atoms with van der Waals surface area (Å²) in [5.74, 6) is -0.735. The van der Waals surface area contributed by atoms with Crippen LogP contribution in [0.25, 0.3) is 0 Å². The maximum absolute atomic E-state index is 12.8. The number of aryl methyl sites for hydroxylation is 1. The van der Waals surface area contributed by atoms with Gasteiger partial charge in [-0.2, -0.15) is 0 Å². The molecule has 3 rings (SSSR count). The lowest BCUT2D eigenvalue weighted by Crippen LogP contribution is -2.41. The number of benzene rings is 2. The third-order valence-electron chi connectivity index (χ3n) is 4.65. The molecule has 25 heavy (non-hydrogen) atoms. The van der Waals surface area contributed by atoms with Gasteiger partial charge >= 0.3 is 0 Å². The van der Waals surface area contributed by atoms with Crippen molar-refractivity contribution in [3.05, 3.63) is 77.9 Å². The molecule has 0 radical (unpaired) electrons. The summed E-state index contributed by atoms with van der Waals surface area (Å²) in [5.41, 5.74) is 0.900. The van der Waals surface area contributed by atoms with E-state index < -0.39 is 11.5 Å². The Morgan fingerprint density at radius 3 is 2.52 bits per heavy atom. The van der Waals surface area contributed by atoms with E-state index in [2.05, 4.69) is 6.58 Å². The van der Waals surface area contributed by atoms with Gasteiger partial charge in [-0.05, 0) is 18.1 Å². The van der Waals surface area contributed by atoms with Gasteiger partial charge in [0.05, 0.1) is 12.1 Å². The summed E-state index contributed by atoms with van der Waals surface area (Å²) in [4.78, 5) is 27.0. The largest absolute Gasteiger partial charge is 0.375 e. The van der Waals surface area contributed by atoms with Crippen LogP contribution >= 0.6 is 0 Å². The van der Waals surface area contributed by atoms with Crippen LogP contribution < -0.4 is 4.90 Å². The van der Waals surface area contributed by atoms with Crippen molar-refractivity contribution in [1.29, 1.82) is 0 Å². The summed E-state index contributed by atoms with van der Waals surface area (Å²) in [6, 6.07) is 14.3. The predicted molar refractivity (Wildman–Crippen MR) is 97.7 cm³/mol. The summed E-state index contributed by atoms with van der Waals surface area (Å²) in [6.07, 6.45) is 2.22. The van der Waals surface area contributed by atoms with E-state index in [9.17, 15) is 14.7 Å². The number of amides is 1. The van der Waals surface area contributed by atoms with Gasteiger partial charge in [0.2, 0.25) is 0 Å². The van der Waals surface area contributed by atoms with Crippen molar-refractivity contribution in [2.24, 2.45) is 0 Å². The van der Waals surface area contributed by atoms with Crippen molar-refractivity contribution in [3.8, 4) is 0 Å². The zero-order valence-corrected chi connectivity index (χ0v) is 14.2. The number of ketones is 1. The third-order valence-corrected chi connectivity index (χ3v) is 4.65. The van der Waals surface area contributed by atoms with Gasteiger partial charge in [0, 0.05) is 17.7 Å². The summed E-state index contributed by atoms with van der Waals surface area (Å²) in [7, 11) is 0. The van der Waals surface area contributed by atoms with Gasteiger partial charge in [0.25, 0.3) is 5.91 Å². The monoisotopic (exact) mass is 335 g/mol. The molecule has 0 aliphatic carbocycles. The quantitative estimate of drug-likeness (QED) is 0.651. The molecule has 0 saturated heterocycles. The van der Waals surface area contributed by atoms with Crippen LogP contribution in [0.15, 0.2) is 61.2 Å². The van der Waals surface area contributed by atoms with Gasteiger partial charge in [0.15, 0.2) is 11.4 Å². The van der Waals surface area contributed by atoms with Crippen molar-refractivity contribution in [2.75, 3.05) is 11.4 Å². The SMILES string of the molecule is C=CCN1C(=O)[C@](O)(CC(=O)c2ccc(CC)cc2)c2ccccc21. The molecule has 0 unspecified atom stereocenters. The van der Waals surface area contributed by atoms with E-state index >= 15 is 0 Å². The molecule has 1 amide bonds. The average Bonchev–Trinajstić information content (AvgIpc) is 2.84. The summed E-state index contributed by atoms with van der Waals surface area (Å²) in [5, 5.41) is 11.1. The molecule has 1 N–H and O–H groups in total. The van der Waals surface area contributed by atoms with Crippen molar-refractivity contribution in [3.63, 3.8) is 0 Å². The summed E-state index contributed by atoms with van der Waals surface area (Å²) in [6.45, 7) is 5.99. The first-order chi connectivity index (χ1) is 12.0. The van der Waals surface area contributed by atoms with Gasteiger partial charge < -0.3 is 10.0 Å². The first-order valence-corrected chi connectivity index (χ1v) is 8.38. The molecule has 2 aromatic carbocycles. The number of carbonyl (C=O) groups is 2. The van der Waals surface area contributed by atoms with Gasteiger partial charge in [-0.1, -0.05) is 55.5 Å². The zero-order chi connectivity index (χ0) is 18.0. The van der Waals surface area contributed by atoms with E-state index in [1.54, 1.807) is 42.5 Å². The van der Waals surface area contributed by atoms with Gasteiger partial charge in [0.1, 0.15) is 0 Å². The second-order valence-corrected chi connectivity index (χ2v) is 6.23. The van der Waals surface area contributed by atoms with Crippen LogP contribution in [0.1, 0.15) is 34.8 Å². The maximum Gasteiger partial charge on any atom is 0.264 e. The fourth-order valence-electron chi connectivity index (χ4n) is 3.25. The van der Waals surface area contributed by atoms with E-state index in [-0.39, 0.29) is 18.7 Å². The third kappa shape index (κ3) is 2.89. The van der Waals surface area contributed by atoms with Crippen LogP contribution in [0.3, 0.4) is 0 Å². The molecular weight excluding hydrogens is 314 g/mol. The second kappa shape index (κ2) is 6.65. The Morgan fingerprint density at radius 2 is 1.88 bits per heavy atom. The molecule has 1 heterocycles. The van der Waals surface area contributed by atoms with Gasteiger partial charge in [-0.15, -0.1) is 6.58 Å². The minimum atomic E-state index is -1.83. The highest BCUT2D eigenvalue weighted by atomic mass is 16.3. The average molecular weight is 335 g/mol. The number of hydrogen-bond donors (Lipinski definition) is 1. The van der Waals surface area contributed by atoms with Crippen molar-refractivity contribution in [1.82, 2.24) is 0 Å². The second-order valence-electron chi connectivity index (χ2n) is 6.23. The van der Waals surface area contributed by atoms with Crippen LogP contribution in [0.4, 0.5) is 5.69 Å². The molecule has 0 fully saturated rings. The normalized spacial score (nSPS) is 19.0. The van der Waals surface area contributed by atoms with Crippen molar-refractivity contribution < 1.29 is 14.7 Å². The molecular formula is C21H21NO3. The molecule has 128 valence electrons. The molecule has 1 aliphatic heterocycles. The van der Waals surface area contributed by atoms with Crippen LogP contribution in [0, 0.1) is 0 Å². The van der Waals surface area contributed by atoms with E-state index in [0.29, 0.717) is 16.8 Å².